The highest BCUT2D eigenvalue weighted by atomic mass is 35.5. The lowest BCUT2D eigenvalue weighted by Gasteiger charge is -2.18. The van der Waals surface area contributed by atoms with Crippen LogP contribution in [0.4, 0.5) is 32.0 Å². The normalized spacial score (nSPS) is 13.3. The van der Waals surface area contributed by atoms with Crippen molar-refractivity contribution in [3.63, 3.8) is 0 Å². The maximum Gasteiger partial charge on any atom is 0.422 e. The summed E-state index contributed by atoms with van der Waals surface area (Å²) in [5, 5.41) is -0.363. The van der Waals surface area contributed by atoms with Gasteiger partial charge in [0, 0.05) is 23.6 Å². The zero-order chi connectivity index (χ0) is 37.8. The van der Waals surface area contributed by atoms with Gasteiger partial charge in [0.1, 0.15) is 17.0 Å². The number of anilines is 1. The van der Waals surface area contributed by atoms with Crippen LogP contribution in [0.3, 0.4) is 0 Å². The number of para-hydroxylation sites is 1. The molecule has 52 heavy (non-hydrogen) atoms. The standard InChI is InChI=1S/C34H30ClF6N3O7S/c1-49-26-10-4-2-7-21(26)8-3-5-11-27(45)43-52(47,48)17-20-12-13-25(24(35)15-20)44-16-23-28(32(44)46)30(50-18-33(36,37)38)22-9-6-14-42-29(22)31(23)51-19-34(39,40)41/h2,4,6-7,9-10,12-15H,3,5,8,11,16-19H2,1H3,(H,43,45). The summed E-state index contributed by atoms with van der Waals surface area (Å²) in [6.45, 7) is -4.10. The Labute approximate surface area is 298 Å². The van der Waals surface area contributed by atoms with Crippen molar-refractivity contribution >= 4 is 50.0 Å². The minimum atomic E-state index is -4.83. The molecule has 0 saturated carbocycles. The monoisotopic (exact) mass is 773 g/mol. The molecule has 1 aliphatic heterocycles. The van der Waals surface area contributed by atoms with E-state index in [4.69, 9.17) is 25.8 Å². The molecule has 0 unspecified atom stereocenters. The molecule has 0 saturated heterocycles. The number of aryl methyl sites for hydroxylation is 1. The molecule has 2 amide bonds. The third-order valence-corrected chi connectivity index (χ3v) is 9.38. The summed E-state index contributed by atoms with van der Waals surface area (Å²) in [6, 6.07) is 13.7. The maximum atomic E-state index is 13.8. The molecule has 1 N–H and O–H groups in total. The van der Waals surface area contributed by atoms with E-state index in [1.54, 1.807) is 7.11 Å². The molecule has 0 spiro atoms. The van der Waals surface area contributed by atoms with Crippen molar-refractivity contribution in [2.75, 3.05) is 25.2 Å². The molecule has 5 rings (SSSR count). The Hall–Kier alpha value is -4.77. The lowest BCUT2D eigenvalue weighted by Crippen LogP contribution is -2.31. The SMILES string of the molecule is COc1ccccc1CCCCC(=O)NS(=O)(=O)Cc1ccc(N2Cc3c(c(OCC(F)(F)F)c4cccnc4c3OCC(F)(F)F)C2=O)c(Cl)c1. The van der Waals surface area contributed by atoms with E-state index in [-0.39, 0.29) is 39.2 Å². The fourth-order valence-electron chi connectivity index (χ4n) is 5.70. The number of nitrogens with zero attached hydrogens (tertiary/aromatic N) is 2. The highest BCUT2D eigenvalue weighted by molar-refractivity contribution is 7.89. The number of amides is 2. The largest absolute Gasteiger partial charge is 0.496 e. The molecule has 0 radical (unpaired) electrons. The van der Waals surface area contributed by atoms with E-state index in [0.29, 0.717) is 25.0 Å². The number of aromatic nitrogens is 1. The molecular weight excluding hydrogens is 744 g/mol. The minimum absolute atomic E-state index is 0.0383. The molecular formula is C34H30ClF6N3O7S. The summed E-state index contributed by atoms with van der Waals surface area (Å²) in [5.74, 6) is -2.67. The van der Waals surface area contributed by atoms with Gasteiger partial charge < -0.3 is 19.1 Å². The first-order valence-corrected chi connectivity index (χ1v) is 17.6. The van der Waals surface area contributed by atoms with Crippen LogP contribution in [0.2, 0.25) is 5.02 Å². The van der Waals surface area contributed by atoms with Crippen molar-refractivity contribution in [3.8, 4) is 17.2 Å². The Balaban J connectivity index is 1.33. The first-order chi connectivity index (χ1) is 24.5. The average Bonchev–Trinajstić information content (AvgIpc) is 3.39. The Bertz CT molecular complexity index is 2090. The summed E-state index contributed by atoms with van der Waals surface area (Å²) in [4.78, 5) is 31.2. The highest BCUT2D eigenvalue weighted by Gasteiger charge is 2.40. The van der Waals surface area contributed by atoms with Gasteiger partial charge in [-0.25, -0.2) is 8.42 Å². The molecule has 2 heterocycles. The molecule has 0 aliphatic carbocycles. The third-order valence-electron chi connectivity index (χ3n) is 7.83. The van der Waals surface area contributed by atoms with Crippen LogP contribution < -0.4 is 23.8 Å². The Morgan fingerprint density at radius 3 is 2.33 bits per heavy atom. The van der Waals surface area contributed by atoms with Crippen molar-refractivity contribution in [2.24, 2.45) is 0 Å². The van der Waals surface area contributed by atoms with Gasteiger partial charge in [-0.2, -0.15) is 26.3 Å². The maximum absolute atomic E-state index is 13.8. The van der Waals surface area contributed by atoms with Crippen molar-refractivity contribution in [3.05, 3.63) is 88.1 Å². The van der Waals surface area contributed by atoms with E-state index in [1.807, 2.05) is 29.0 Å². The summed E-state index contributed by atoms with van der Waals surface area (Å²) in [6.07, 6.45) is -6.88. The van der Waals surface area contributed by atoms with Gasteiger partial charge in [0.2, 0.25) is 15.9 Å². The highest BCUT2D eigenvalue weighted by Crippen LogP contribution is 2.47. The molecule has 3 aromatic carbocycles. The van der Waals surface area contributed by atoms with Gasteiger partial charge in [-0.3, -0.25) is 19.3 Å². The topological polar surface area (TPSA) is 124 Å². The second-order valence-electron chi connectivity index (χ2n) is 11.7. The molecule has 1 aliphatic rings. The first-order valence-electron chi connectivity index (χ1n) is 15.5. The number of sulfonamides is 1. The van der Waals surface area contributed by atoms with Crippen molar-refractivity contribution in [2.45, 2.75) is 50.3 Å². The Morgan fingerprint density at radius 2 is 1.65 bits per heavy atom. The second kappa shape index (κ2) is 15.5. The fourth-order valence-corrected chi connectivity index (χ4v) is 7.14. The molecule has 10 nitrogen and oxygen atoms in total. The van der Waals surface area contributed by atoms with Gasteiger partial charge in [0.15, 0.2) is 19.0 Å². The summed E-state index contributed by atoms with van der Waals surface area (Å²) in [7, 11) is -2.64. The number of fused-ring (bicyclic) bond motifs is 2. The van der Waals surface area contributed by atoms with Gasteiger partial charge in [-0.05, 0) is 60.7 Å². The number of pyridine rings is 1. The molecule has 278 valence electrons. The van der Waals surface area contributed by atoms with Crippen LogP contribution in [0.1, 0.15) is 46.3 Å². The number of rotatable bonds is 14. The minimum Gasteiger partial charge on any atom is -0.496 e. The number of hydrogen-bond donors (Lipinski definition) is 1. The number of nitrogens with one attached hydrogen (secondary N) is 1. The molecule has 18 heteroatoms. The summed E-state index contributed by atoms with van der Waals surface area (Å²) >= 11 is 6.48. The van der Waals surface area contributed by atoms with Crippen LogP contribution in [0.5, 0.6) is 17.2 Å². The lowest BCUT2D eigenvalue weighted by molar-refractivity contribution is -0.154. The van der Waals surface area contributed by atoms with Crippen molar-refractivity contribution in [1.29, 1.82) is 0 Å². The van der Waals surface area contributed by atoms with E-state index in [0.717, 1.165) is 10.5 Å². The zero-order valence-corrected chi connectivity index (χ0v) is 28.8. The average molecular weight is 774 g/mol. The molecule has 1 aromatic heterocycles. The predicted molar refractivity (Wildman–Crippen MR) is 178 cm³/mol. The quantitative estimate of drug-likeness (QED) is 0.105. The second-order valence-corrected chi connectivity index (χ2v) is 13.8. The number of halogens is 7. The van der Waals surface area contributed by atoms with E-state index in [2.05, 4.69) is 4.98 Å². The van der Waals surface area contributed by atoms with E-state index in [1.165, 1.54) is 36.5 Å². The van der Waals surface area contributed by atoms with Gasteiger partial charge in [-0.1, -0.05) is 35.9 Å². The molecule has 0 fully saturated rings. The number of methoxy groups -OCH3 is 1. The van der Waals surface area contributed by atoms with Crippen molar-refractivity contribution in [1.82, 2.24) is 9.71 Å². The van der Waals surface area contributed by atoms with Crippen LogP contribution in [0, 0.1) is 0 Å². The van der Waals surface area contributed by atoms with Gasteiger partial charge in [0.05, 0.1) is 35.7 Å². The Morgan fingerprint density at radius 1 is 0.962 bits per heavy atom. The van der Waals surface area contributed by atoms with E-state index in [9.17, 15) is 44.3 Å². The third kappa shape index (κ3) is 9.36. The van der Waals surface area contributed by atoms with Gasteiger partial charge in [0.25, 0.3) is 5.91 Å². The van der Waals surface area contributed by atoms with Gasteiger partial charge in [-0.15, -0.1) is 0 Å². The number of carbonyl (C=O) groups is 2. The number of unbranched alkanes of at least 4 members (excludes halogenated alkanes) is 1. The number of benzene rings is 3. The lowest BCUT2D eigenvalue weighted by atomic mass is 10.0. The summed E-state index contributed by atoms with van der Waals surface area (Å²) < 4.78 is 122. The van der Waals surface area contributed by atoms with Crippen LogP contribution in [-0.4, -0.2) is 57.9 Å². The fraction of sp³-hybridized carbons (Fsp3) is 0.324. The van der Waals surface area contributed by atoms with Crippen LogP contribution in [-0.2, 0) is 33.5 Å². The van der Waals surface area contributed by atoms with Crippen LogP contribution >= 0.6 is 11.6 Å². The number of carbonyl (C=O) groups excluding carboxylic acids is 2. The first kappa shape index (κ1) is 38.5. The smallest absolute Gasteiger partial charge is 0.422 e. The van der Waals surface area contributed by atoms with Gasteiger partial charge >= 0.3 is 12.4 Å². The molecule has 0 atom stereocenters. The Kier molecular flexibility index (Phi) is 11.4. The number of hydrogen-bond acceptors (Lipinski definition) is 8. The zero-order valence-electron chi connectivity index (χ0n) is 27.2. The van der Waals surface area contributed by atoms with Crippen LogP contribution in [0.15, 0.2) is 60.8 Å². The van der Waals surface area contributed by atoms with E-state index >= 15 is 0 Å². The molecule has 0 bridgehead atoms. The van der Waals surface area contributed by atoms with Crippen LogP contribution in [0.25, 0.3) is 10.9 Å². The number of alkyl halides is 6. The van der Waals surface area contributed by atoms with E-state index < -0.39 is 76.8 Å². The number of ether oxygens (including phenoxy) is 3. The van der Waals surface area contributed by atoms with Crippen molar-refractivity contribution < 1.29 is 58.6 Å². The predicted octanol–water partition coefficient (Wildman–Crippen LogP) is 7.30. The summed E-state index contributed by atoms with van der Waals surface area (Å²) in [5.41, 5.74) is 0.0776. The molecule has 4 aromatic rings.